The highest BCUT2D eigenvalue weighted by atomic mass is 16.7. The molecule has 16 heavy (non-hydrogen) atoms. The van der Waals surface area contributed by atoms with Crippen LogP contribution in [0.4, 0.5) is 0 Å². The quantitative estimate of drug-likeness (QED) is 0.661. The summed E-state index contributed by atoms with van der Waals surface area (Å²) in [4.78, 5) is 11.4. The zero-order valence-electron chi connectivity index (χ0n) is 8.71. The Labute approximate surface area is 92.7 Å². The first kappa shape index (κ1) is 10.8. The molecule has 2 aliphatic heterocycles. The lowest BCUT2D eigenvalue weighted by Gasteiger charge is -2.05. The number of amides is 1. The van der Waals surface area contributed by atoms with Crippen LogP contribution in [0.5, 0.6) is 11.5 Å². The van der Waals surface area contributed by atoms with Crippen LogP contribution >= 0.6 is 0 Å². The fourth-order valence-electron chi connectivity index (χ4n) is 2.00. The number of hydrogen-bond acceptors (Lipinski definition) is 3. The van der Waals surface area contributed by atoms with Crippen molar-refractivity contribution in [2.75, 3.05) is 13.3 Å². The molecule has 0 aliphatic carbocycles. The van der Waals surface area contributed by atoms with Crippen LogP contribution in [0.25, 0.3) is 0 Å². The Balaban J connectivity index is 0.000000963. The predicted octanol–water partition coefficient (Wildman–Crippen LogP) is -0.195. The van der Waals surface area contributed by atoms with Gasteiger partial charge in [-0.1, -0.05) is 0 Å². The zero-order chi connectivity index (χ0) is 10.3. The van der Waals surface area contributed by atoms with Crippen molar-refractivity contribution in [3.8, 4) is 11.5 Å². The second kappa shape index (κ2) is 4.02. The standard InChI is InChI=1S/C11H11NO3.H2O/c13-11-5-8-4-10-9(14-6-15-10)3-7(8)1-2-12-11;/h3-4H,1-2,5-6H2,(H,12,13);1H2. The van der Waals surface area contributed by atoms with E-state index in [2.05, 4.69) is 5.32 Å². The van der Waals surface area contributed by atoms with Crippen molar-refractivity contribution in [1.82, 2.24) is 5.32 Å². The van der Waals surface area contributed by atoms with Crippen molar-refractivity contribution in [1.29, 1.82) is 0 Å². The molecule has 2 aliphatic rings. The molecule has 2 heterocycles. The van der Waals surface area contributed by atoms with E-state index in [1.807, 2.05) is 12.1 Å². The van der Waals surface area contributed by atoms with E-state index in [-0.39, 0.29) is 18.2 Å². The Morgan fingerprint density at radius 1 is 1.12 bits per heavy atom. The number of rotatable bonds is 0. The van der Waals surface area contributed by atoms with Gasteiger partial charge in [-0.05, 0) is 29.7 Å². The zero-order valence-corrected chi connectivity index (χ0v) is 8.71. The largest absolute Gasteiger partial charge is 0.454 e. The lowest BCUT2D eigenvalue weighted by molar-refractivity contribution is -0.120. The highest BCUT2D eigenvalue weighted by Crippen LogP contribution is 2.35. The van der Waals surface area contributed by atoms with E-state index < -0.39 is 0 Å². The van der Waals surface area contributed by atoms with Gasteiger partial charge < -0.3 is 20.3 Å². The maximum Gasteiger partial charge on any atom is 0.231 e. The normalized spacial score (nSPS) is 16.9. The van der Waals surface area contributed by atoms with Gasteiger partial charge >= 0.3 is 0 Å². The molecule has 0 fully saturated rings. The van der Waals surface area contributed by atoms with Crippen molar-refractivity contribution in [3.05, 3.63) is 23.3 Å². The summed E-state index contributed by atoms with van der Waals surface area (Å²) in [5, 5.41) is 2.85. The fourth-order valence-corrected chi connectivity index (χ4v) is 2.00. The molecule has 5 nitrogen and oxygen atoms in total. The van der Waals surface area contributed by atoms with Gasteiger partial charge in [0.15, 0.2) is 11.5 Å². The molecular weight excluding hydrogens is 210 g/mol. The Kier molecular flexibility index (Phi) is 2.70. The van der Waals surface area contributed by atoms with E-state index >= 15 is 0 Å². The van der Waals surface area contributed by atoms with Crippen molar-refractivity contribution >= 4 is 5.91 Å². The third kappa shape index (κ3) is 1.69. The molecule has 5 heteroatoms. The minimum Gasteiger partial charge on any atom is -0.454 e. The highest BCUT2D eigenvalue weighted by Gasteiger charge is 2.20. The van der Waals surface area contributed by atoms with Gasteiger partial charge in [0.05, 0.1) is 6.42 Å². The number of benzene rings is 1. The molecule has 86 valence electrons. The number of hydrogen-bond donors (Lipinski definition) is 1. The van der Waals surface area contributed by atoms with E-state index in [1.54, 1.807) is 0 Å². The molecule has 0 atom stereocenters. The molecule has 0 aromatic heterocycles. The number of fused-ring (bicyclic) bond motifs is 2. The Bertz CT molecular complexity index is 430. The Hall–Kier alpha value is -1.75. The van der Waals surface area contributed by atoms with Gasteiger partial charge in [0.1, 0.15) is 0 Å². The summed E-state index contributed by atoms with van der Waals surface area (Å²) in [6.07, 6.45) is 1.30. The predicted molar refractivity (Wildman–Crippen MR) is 56.6 cm³/mol. The van der Waals surface area contributed by atoms with Gasteiger partial charge in [-0.2, -0.15) is 0 Å². The SMILES string of the molecule is O.O=C1Cc2cc3c(cc2CCN1)OCO3. The minimum absolute atomic E-state index is 0. The second-order valence-electron chi connectivity index (χ2n) is 3.75. The van der Waals surface area contributed by atoms with Crippen LogP contribution in [0.2, 0.25) is 0 Å². The van der Waals surface area contributed by atoms with E-state index in [9.17, 15) is 4.79 Å². The monoisotopic (exact) mass is 223 g/mol. The van der Waals surface area contributed by atoms with Crippen molar-refractivity contribution < 1.29 is 19.7 Å². The lowest BCUT2D eigenvalue weighted by Crippen LogP contribution is -2.24. The van der Waals surface area contributed by atoms with Gasteiger partial charge in [0, 0.05) is 6.54 Å². The highest BCUT2D eigenvalue weighted by molar-refractivity contribution is 5.80. The van der Waals surface area contributed by atoms with Crippen LogP contribution in [0.15, 0.2) is 12.1 Å². The average molecular weight is 223 g/mol. The van der Waals surface area contributed by atoms with Crippen LogP contribution in [0.1, 0.15) is 11.1 Å². The number of carbonyl (C=O) groups is 1. The summed E-state index contributed by atoms with van der Waals surface area (Å²) in [5.74, 6) is 1.62. The van der Waals surface area contributed by atoms with Gasteiger partial charge in [0.25, 0.3) is 0 Å². The molecule has 3 rings (SSSR count). The van der Waals surface area contributed by atoms with Crippen LogP contribution in [0, 0.1) is 0 Å². The van der Waals surface area contributed by atoms with Gasteiger partial charge in [-0.25, -0.2) is 0 Å². The summed E-state index contributed by atoms with van der Waals surface area (Å²) in [6.45, 7) is 0.982. The minimum atomic E-state index is 0. The van der Waals surface area contributed by atoms with Crippen LogP contribution in [-0.4, -0.2) is 24.7 Å². The molecule has 1 amide bonds. The summed E-state index contributed by atoms with van der Waals surface area (Å²) >= 11 is 0. The average Bonchev–Trinajstić information content (AvgIpc) is 2.57. The van der Waals surface area contributed by atoms with E-state index in [4.69, 9.17) is 9.47 Å². The molecule has 0 bridgehead atoms. The topological polar surface area (TPSA) is 79.1 Å². The van der Waals surface area contributed by atoms with Crippen molar-refractivity contribution in [3.63, 3.8) is 0 Å². The molecule has 0 spiro atoms. The third-order valence-electron chi connectivity index (χ3n) is 2.76. The van der Waals surface area contributed by atoms with E-state index in [0.717, 1.165) is 23.5 Å². The first-order valence-electron chi connectivity index (χ1n) is 5.01. The van der Waals surface area contributed by atoms with Crippen LogP contribution in [0.3, 0.4) is 0 Å². The first-order valence-corrected chi connectivity index (χ1v) is 5.01. The van der Waals surface area contributed by atoms with Crippen molar-refractivity contribution in [2.45, 2.75) is 12.8 Å². The molecule has 0 saturated carbocycles. The molecule has 1 aromatic rings. The van der Waals surface area contributed by atoms with Crippen molar-refractivity contribution in [2.24, 2.45) is 0 Å². The molecule has 0 saturated heterocycles. The molecular formula is C11H13NO4. The molecule has 0 unspecified atom stereocenters. The Morgan fingerprint density at radius 3 is 2.56 bits per heavy atom. The summed E-state index contributed by atoms with van der Waals surface area (Å²) in [5.41, 5.74) is 2.23. The smallest absolute Gasteiger partial charge is 0.231 e. The number of carbonyl (C=O) groups excluding carboxylic acids is 1. The summed E-state index contributed by atoms with van der Waals surface area (Å²) in [6, 6.07) is 3.90. The summed E-state index contributed by atoms with van der Waals surface area (Å²) in [7, 11) is 0. The molecule has 3 N–H and O–H groups in total. The van der Waals surface area contributed by atoms with Gasteiger partial charge in [-0.3, -0.25) is 4.79 Å². The maximum absolute atomic E-state index is 11.4. The van der Waals surface area contributed by atoms with Crippen LogP contribution in [-0.2, 0) is 17.6 Å². The third-order valence-corrected chi connectivity index (χ3v) is 2.76. The maximum atomic E-state index is 11.4. The number of nitrogens with one attached hydrogen (secondary N) is 1. The lowest BCUT2D eigenvalue weighted by atomic mass is 10.0. The Morgan fingerprint density at radius 2 is 1.81 bits per heavy atom. The number of ether oxygens (including phenoxy) is 2. The van der Waals surface area contributed by atoms with E-state index in [1.165, 1.54) is 5.56 Å². The second-order valence-corrected chi connectivity index (χ2v) is 3.75. The first-order chi connectivity index (χ1) is 7.33. The molecule has 0 radical (unpaired) electrons. The van der Waals surface area contributed by atoms with Crippen LogP contribution < -0.4 is 14.8 Å². The van der Waals surface area contributed by atoms with Gasteiger partial charge in [0.2, 0.25) is 12.7 Å². The van der Waals surface area contributed by atoms with E-state index in [0.29, 0.717) is 13.0 Å². The summed E-state index contributed by atoms with van der Waals surface area (Å²) < 4.78 is 10.6. The molecule has 1 aromatic carbocycles. The van der Waals surface area contributed by atoms with Gasteiger partial charge in [-0.15, -0.1) is 0 Å². The fraction of sp³-hybridized carbons (Fsp3) is 0.364.